The molecule has 0 radical (unpaired) electrons. The van der Waals surface area contributed by atoms with Gasteiger partial charge in [0.05, 0.1) is 23.2 Å². The van der Waals surface area contributed by atoms with Gasteiger partial charge in [0.1, 0.15) is 17.0 Å². The number of aryl methyl sites for hydroxylation is 1. The van der Waals surface area contributed by atoms with Crippen molar-refractivity contribution in [1.82, 2.24) is 9.97 Å². The van der Waals surface area contributed by atoms with Crippen LogP contribution in [0.25, 0.3) is 10.2 Å². The van der Waals surface area contributed by atoms with Crippen LogP contribution in [0.5, 0.6) is 0 Å². The smallest absolute Gasteiger partial charge is 0.310 e. The zero-order valence-corrected chi connectivity index (χ0v) is 14.2. The number of rotatable bonds is 2. The summed E-state index contributed by atoms with van der Waals surface area (Å²) in [6, 6.07) is 0. The number of aromatic nitrogens is 2. The molecule has 2 saturated heterocycles. The number of carbonyl (C=O) groups is 1. The number of carbonyl (C=O) groups excluding carboxylic acids is 1. The molecule has 0 saturated carbocycles. The van der Waals surface area contributed by atoms with E-state index in [1.807, 2.05) is 11.8 Å². The number of methoxy groups -OCH3 is 1. The molecule has 0 amide bonds. The first kappa shape index (κ1) is 14.3. The third-order valence-corrected chi connectivity index (χ3v) is 7.23. The van der Waals surface area contributed by atoms with Crippen LogP contribution in [0.1, 0.15) is 12.0 Å². The van der Waals surface area contributed by atoms with Gasteiger partial charge < -0.3 is 9.64 Å². The van der Waals surface area contributed by atoms with Crippen molar-refractivity contribution < 1.29 is 9.53 Å². The first-order chi connectivity index (χ1) is 10.6. The summed E-state index contributed by atoms with van der Waals surface area (Å²) < 4.78 is 5.00. The van der Waals surface area contributed by atoms with Gasteiger partial charge in [-0.3, -0.25) is 4.79 Å². The molecule has 5 nitrogen and oxygen atoms in total. The summed E-state index contributed by atoms with van der Waals surface area (Å²) >= 11 is 3.57. The number of hydrogen-bond donors (Lipinski definition) is 0. The highest BCUT2D eigenvalue weighted by Gasteiger charge is 2.56. The van der Waals surface area contributed by atoms with E-state index in [1.54, 1.807) is 17.7 Å². The summed E-state index contributed by atoms with van der Waals surface area (Å²) in [5.41, 5.74) is 1.22. The van der Waals surface area contributed by atoms with E-state index in [1.165, 1.54) is 12.7 Å². The summed E-state index contributed by atoms with van der Waals surface area (Å²) in [4.78, 5) is 24.2. The summed E-state index contributed by atoms with van der Waals surface area (Å²) in [6.07, 6.45) is 2.56. The molecule has 4 heterocycles. The quantitative estimate of drug-likeness (QED) is 0.786. The Labute approximate surface area is 137 Å². The Kier molecular flexibility index (Phi) is 3.30. The standard InChI is InChI=1S/C15H17N3O2S2/c1-9-5-21-13-11(9)12(16-8-17-13)18-6-15(7-18)10(3-4-22-15)14(19)20-2/h5,8,10H,3-4,6-7H2,1-2H3. The number of esters is 1. The third-order valence-electron chi connectivity index (χ3n) is 4.67. The molecule has 2 aromatic rings. The fourth-order valence-electron chi connectivity index (χ4n) is 3.52. The van der Waals surface area contributed by atoms with Gasteiger partial charge in [0.15, 0.2) is 0 Å². The van der Waals surface area contributed by atoms with Crippen LogP contribution in [0.2, 0.25) is 0 Å². The Bertz CT molecular complexity index is 739. The van der Waals surface area contributed by atoms with Crippen molar-refractivity contribution in [3.8, 4) is 0 Å². The second kappa shape index (κ2) is 5.09. The Morgan fingerprint density at radius 2 is 2.27 bits per heavy atom. The summed E-state index contributed by atoms with van der Waals surface area (Å²) in [5, 5.41) is 3.28. The molecular formula is C15H17N3O2S2. The molecule has 0 aliphatic carbocycles. The monoisotopic (exact) mass is 335 g/mol. The molecule has 2 aliphatic rings. The van der Waals surface area contributed by atoms with Gasteiger partial charge in [-0.1, -0.05) is 0 Å². The molecule has 116 valence electrons. The lowest BCUT2D eigenvalue weighted by atomic mass is 9.83. The SMILES string of the molecule is COC(=O)C1CCSC12CN(c1ncnc3scc(C)c13)C2. The predicted molar refractivity (Wildman–Crippen MR) is 89.7 cm³/mol. The number of fused-ring (bicyclic) bond motifs is 1. The maximum Gasteiger partial charge on any atom is 0.310 e. The first-order valence-corrected chi connectivity index (χ1v) is 9.17. The highest BCUT2D eigenvalue weighted by atomic mass is 32.2. The number of anilines is 1. The van der Waals surface area contributed by atoms with Crippen LogP contribution >= 0.6 is 23.1 Å². The van der Waals surface area contributed by atoms with E-state index in [0.717, 1.165) is 41.3 Å². The van der Waals surface area contributed by atoms with Crippen LogP contribution in [0, 0.1) is 12.8 Å². The molecular weight excluding hydrogens is 318 g/mol. The fraction of sp³-hybridized carbons (Fsp3) is 0.533. The van der Waals surface area contributed by atoms with Crippen molar-refractivity contribution in [2.45, 2.75) is 18.1 Å². The molecule has 2 fully saturated rings. The lowest BCUT2D eigenvalue weighted by molar-refractivity contribution is -0.146. The van der Waals surface area contributed by atoms with Crippen molar-refractivity contribution in [2.24, 2.45) is 5.92 Å². The second-order valence-corrected chi connectivity index (χ2v) is 8.30. The van der Waals surface area contributed by atoms with Crippen LogP contribution < -0.4 is 4.90 Å². The average Bonchev–Trinajstić information content (AvgIpc) is 3.09. The summed E-state index contributed by atoms with van der Waals surface area (Å²) in [6.45, 7) is 3.82. The van der Waals surface area contributed by atoms with Gasteiger partial charge in [-0.15, -0.1) is 11.3 Å². The maximum atomic E-state index is 12.0. The minimum atomic E-state index is -0.0656. The van der Waals surface area contributed by atoms with Gasteiger partial charge in [0, 0.05) is 13.1 Å². The molecule has 2 aliphatic heterocycles. The van der Waals surface area contributed by atoms with Crippen molar-refractivity contribution in [1.29, 1.82) is 0 Å². The minimum Gasteiger partial charge on any atom is -0.469 e. The van der Waals surface area contributed by atoms with Crippen molar-refractivity contribution in [3.05, 3.63) is 17.3 Å². The molecule has 0 N–H and O–H groups in total. The zero-order valence-electron chi connectivity index (χ0n) is 12.5. The van der Waals surface area contributed by atoms with Crippen molar-refractivity contribution in [2.75, 3.05) is 30.9 Å². The van der Waals surface area contributed by atoms with Crippen LogP contribution in [0.4, 0.5) is 5.82 Å². The number of ether oxygens (including phenoxy) is 1. The van der Waals surface area contributed by atoms with E-state index in [4.69, 9.17) is 4.74 Å². The summed E-state index contributed by atoms with van der Waals surface area (Å²) in [7, 11) is 1.48. The van der Waals surface area contributed by atoms with E-state index < -0.39 is 0 Å². The average molecular weight is 335 g/mol. The van der Waals surface area contributed by atoms with Crippen molar-refractivity contribution >= 4 is 45.1 Å². The molecule has 1 unspecified atom stereocenters. The van der Waals surface area contributed by atoms with E-state index >= 15 is 0 Å². The highest BCUT2D eigenvalue weighted by Crippen LogP contribution is 2.51. The molecule has 4 rings (SSSR count). The molecule has 0 aromatic carbocycles. The Hall–Kier alpha value is -1.34. The Morgan fingerprint density at radius 1 is 1.45 bits per heavy atom. The highest BCUT2D eigenvalue weighted by molar-refractivity contribution is 8.01. The molecule has 7 heteroatoms. The van der Waals surface area contributed by atoms with Gasteiger partial charge in [-0.05, 0) is 30.0 Å². The van der Waals surface area contributed by atoms with Gasteiger partial charge in [-0.2, -0.15) is 11.8 Å². The van der Waals surface area contributed by atoms with E-state index in [2.05, 4.69) is 27.2 Å². The van der Waals surface area contributed by atoms with E-state index in [-0.39, 0.29) is 16.6 Å². The lowest BCUT2D eigenvalue weighted by Gasteiger charge is -2.50. The van der Waals surface area contributed by atoms with E-state index in [9.17, 15) is 4.79 Å². The predicted octanol–water partition coefficient (Wildman–Crippen LogP) is 2.48. The van der Waals surface area contributed by atoms with Gasteiger partial charge >= 0.3 is 5.97 Å². The molecule has 1 spiro atoms. The van der Waals surface area contributed by atoms with Crippen LogP contribution in [0.15, 0.2) is 11.7 Å². The minimum absolute atomic E-state index is 0.00823. The Balaban J connectivity index is 1.62. The number of hydrogen-bond acceptors (Lipinski definition) is 7. The molecule has 2 aromatic heterocycles. The lowest BCUT2D eigenvalue weighted by Crippen LogP contribution is -2.63. The van der Waals surface area contributed by atoms with Gasteiger partial charge in [0.25, 0.3) is 0 Å². The van der Waals surface area contributed by atoms with Gasteiger partial charge in [0.2, 0.25) is 0 Å². The zero-order chi connectivity index (χ0) is 15.3. The largest absolute Gasteiger partial charge is 0.469 e. The third kappa shape index (κ3) is 1.95. The number of nitrogens with zero attached hydrogens (tertiary/aromatic N) is 3. The molecule has 0 bridgehead atoms. The van der Waals surface area contributed by atoms with Crippen LogP contribution in [-0.4, -0.2) is 46.6 Å². The normalized spacial score (nSPS) is 23.0. The van der Waals surface area contributed by atoms with Crippen molar-refractivity contribution in [3.63, 3.8) is 0 Å². The maximum absolute atomic E-state index is 12.0. The second-order valence-electron chi connectivity index (χ2n) is 5.93. The number of thiophene rings is 1. The fourth-order valence-corrected chi connectivity index (χ4v) is 6.07. The number of thioether (sulfide) groups is 1. The molecule has 1 atom stereocenters. The topological polar surface area (TPSA) is 55.3 Å². The molecule has 22 heavy (non-hydrogen) atoms. The van der Waals surface area contributed by atoms with Crippen LogP contribution in [-0.2, 0) is 9.53 Å². The Morgan fingerprint density at radius 3 is 3.05 bits per heavy atom. The van der Waals surface area contributed by atoms with Crippen LogP contribution in [0.3, 0.4) is 0 Å². The van der Waals surface area contributed by atoms with Gasteiger partial charge in [-0.25, -0.2) is 9.97 Å². The van der Waals surface area contributed by atoms with E-state index in [0.29, 0.717) is 0 Å². The first-order valence-electron chi connectivity index (χ1n) is 7.30. The summed E-state index contributed by atoms with van der Waals surface area (Å²) in [5.74, 6) is 1.99.